The van der Waals surface area contributed by atoms with Crippen molar-refractivity contribution in [2.75, 3.05) is 6.61 Å². The minimum absolute atomic E-state index is 0.0843. The molecule has 1 aromatic heterocycles. The van der Waals surface area contributed by atoms with Gasteiger partial charge in [-0.1, -0.05) is 5.16 Å². The van der Waals surface area contributed by atoms with Crippen LogP contribution in [0.25, 0.3) is 0 Å². The predicted octanol–water partition coefficient (Wildman–Crippen LogP) is 0.663. The second-order valence-corrected chi connectivity index (χ2v) is 3.95. The molecule has 1 saturated carbocycles. The molecule has 1 heterocycles. The Balaban J connectivity index is 1.98. The highest BCUT2D eigenvalue weighted by molar-refractivity contribution is 5.92. The van der Waals surface area contributed by atoms with Gasteiger partial charge >= 0.3 is 0 Å². The number of hydrogen-bond donors (Lipinski definition) is 2. The van der Waals surface area contributed by atoms with Crippen molar-refractivity contribution in [3.05, 3.63) is 17.5 Å². The standard InChI is InChI=1S/C10H14N2O3/c1-6(5-13)11-10(14)8-4-9(15-12-8)7-2-3-7/h4,6-7,13H,2-3,5H2,1H3,(H,11,14)/t6-/m1/s1. The first-order valence-corrected chi connectivity index (χ1v) is 5.09. The van der Waals surface area contributed by atoms with Crippen molar-refractivity contribution >= 4 is 5.91 Å². The molecule has 15 heavy (non-hydrogen) atoms. The molecule has 1 aromatic rings. The zero-order valence-corrected chi connectivity index (χ0v) is 8.56. The molecule has 5 nitrogen and oxygen atoms in total. The van der Waals surface area contributed by atoms with E-state index in [9.17, 15) is 4.79 Å². The zero-order valence-electron chi connectivity index (χ0n) is 8.56. The number of amides is 1. The molecule has 2 rings (SSSR count). The molecule has 5 heteroatoms. The number of carbonyl (C=O) groups excluding carboxylic acids is 1. The van der Waals surface area contributed by atoms with E-state index in [1.807, 2.05) is 0 Å². The average molecular weight is 210 g/mol. The number of nitrogens with one attached hydrogen (secondary N) is 1. The largest absolute Gasteiger partial charge is 0.394 e. The monoisotopic (exact) mass is 210 g/mol. The molecule has 0 saturated heterocycles. The van der Waals surface area contributed by atoms with E-state index in [1.165, 1.54) is 0 Å². The smallest absolute Gasteiger partial charge is 0.273 e. The Morgan fingerprint density at radius 2 is 2.53 bits per heavy atom. The second-order valence-electron chi connectivity index (χ2n) is 3.95. The van der Waals surface area contributed by atoms with Crippen LogP contribution in [0.3, 0.4) is 0 Å². The molecule has 1 amide bonds. The van der Waals surface area contributed by atoms with E-state index in [4.69, 9.17) is 9.63 Å². The van der Waals surface area contributed by atoms with Gasteiger partial charge in [0.15, 0.2) is 5.69 Å². The Labute approximate surface area is 87.5 Å². The molecule has 1 atom stereocenters. The molecular weight excluding hydrogens is 196 g/mol. The summed E-state index contributed by atoms with van der Waals surface area (Å²) in [6, 6.07) is 1.41. The lowest BCUT2D eigenvalue weighted by atomic mass is 10.2. The van der Waals surface area contributed by atoms with E-state index in [-0.39, 0.29) is 24.2 Å². The Morgan fingerprint density at radius 1 is 1.80 bits per heavy atom. The van der Waals surface area contributed by atoms with Gasteiger partial charge in [0.1, 0.15) is 5.76 Å². The number of nitrogens with zero attached hydrogens (tertiary/aromatic N) is 1. The lowest BCUT2D eigenvalue weighted by Gasteiger charge is -2.07. The number of carbonyl (C=O) groups is 1. The maximum absolute atomic E-state index is 11.5. The maximum atomic E-state index is 11.5. The summed E-state index contributed by atoms with van der Waals surface area (Å²) < 4.78 is 5.05. The van der Waals surface area contributed by atoms with Crippen LogP contribution in [0, 0.1) is 0 Å². The van der Waals surface area contributed by atoms with Crippen LogP contribution in [0.5, 0.6) is 0 Å². The zero-order chi connectivity index (χ0) is 10.8. The van der Waals surface area contributed by atoms with E-state index in [2.05, 4.69) is 10.5 Å². The van der Waals surface area contributed by atoms with Crippen molar-refractivity contribution in [2.24, 2.45) is 0 Å². The fraction of sp³-hybridized carbons (Fsp3) is 0.600. The Morgan fingerprint density at radius 3 is 3.13 bits per heavy atom. The van der Waals surface area contributed by atoms with Crippen LogP contribution in [0.4, 0.5) is 0 Å². The molecule has 0 aliphatic heterocycles. The van der Waals surface area contributed by atoms with Crippen LogP contribution in [0.15, 0.2) is 10.6 Å². The van der Waals surface area contributed by atoms with E-state index in [0.29, 0.717) is 5.92 Å². The molecule has 0 unspecified atom stereocenters. The van der Waals surface area contributed by atoms with Gasteiger partial charge in [0.25, 0.3) is 5.91 Å². The highest BCUT2D eigenvalue weighted by Crippen LogP contribution is 2.40. The van der Waals surface area contributed by atoms with Gasteiger partial charge in [-0.3, -0.25) is 4.79 Å². The number of aliphatic hydroxyl groups is 1. The van der Waals surface area contributed by atoms with Gasteiger partial charge < -0.3 is 14.9 Å². The fourth-order valence-electron chi connectivity index (χ4n) is 1.30. The second kappa shape index (κ2) is 4.02. The first-order valence-electron chi connectivity index (χ1n) is 5.09. The molecule has 82 valence electrons. The van der Waals surface area contributed by atoms with Crippen molar-refractivity contribution in [3.8, 4) is 0 Å². The minimum Gasteiger partial charge on any atom is -0.394 e. The minimum atomic E-state index is -0.299. The highest BCUT2D eigenvalue weighted by atomic mass is 16.5. The normalized spacial score (nSPS) is 17.5. The van der Waals surface area contributed by atoms with E-state index in [1.54, 1.807) is 13.0 Å². The third-order valence-corrected chi connectivity index (χ3v) is 2.39. The molecule has 1 aliphatic rings. The van der Waals surface area contributed by atoms with Crippen LogP contribution < -0.4 is 5.32 Å². The van der Waals surface area contributed by atoms with E-state index < -0.39 is 0 Å². The SMILES string of the molecule is C[C@H](CO)NC(=O)c1cc(C2CC2)on1. The quantitative estimate of drug-likeness (QED) is 0.765. The van der Waals surface area contributed by atoms with Gasteiger partial charge in [0, 0.05) is 18.0 Å². The number of rotatable bonds is 4. The van der Waals surface area contributed by atoms with E-state index >= 15 is 0 Å². The summed E-state index contributed by atoms with van der Waals surface area (Å²) in [5.74, 6) is 0.943. The number of hydrogen-bond acceptors (Lipinski definition) is 4. The average Bonchev–Trinajstić information content (AvgIpc) is 2.96. The number of aromatic nitrogens is 1. The topological polar surface area (TPSA) is 75.4 Å². The third kappa shape index (κ3) is 2.36. The van der Waals surface area contributed by atoms with Crippen LogP contribution in [0.2, 0.25) is 0 Å². The molecular formula is C10H14N2O3. The molecule has 0 bridgehead atoms. The summed E-state index contributed by atoms with van der Waals surface area (Å²) in [6.45, 7) is 1.64. The van der Waals surface area contributed by atoms with Crippen LogP contribution in [-0.2, 0) is 0 Å². The molecule has 0 spiro atoms. The molecule has 2 N–H and O–H groups in total. The Hall–Kier alpha value is -1.36. The van der Waals surface area contributed by atoms with E-state index in [0.717, 1.165) is 18.6 Å². The fourth-order valence-corrected chi connectivity index (χ4v) is 1.30. The molecule has 1 fully saturated rings. The third-order valence-electron chi connectivity index (χ3n) is 2.39. The highest BCUT2D eigenvalue weighted by Gasteiger charge is 2.28. The molecule has 0 radical (unpaired) electrons. The lowest BCUT2D eigenvalue weighted by Crippen LogP contribution is -2.35. The summed E-state index contributed by atoms with van der Waals surface area (Å²) >= 11 is 0. The van der Waals surface area contributed by atoms with Gasteiger partial charge in [-0.15, -0.1) is 0 Å². The van der Waals surface area contributed by atoms with Crippen molar-refractivity contribution in [2.45, 2.75) is 31.7 Å². The summed E-state index contributed by atoms with van der Waals surface area (Å²) in [6.07, 6.45) is 2.23. The summed E-state index contributed by atoms with van der Waals surface area (Å²) in [4.78, 5) is 11.5. The predicted molar refractivity (Wildman–Crippen MR) is 52.5 cm³/mol. The Kier molecular flexibility index (Phi) is 2.73. The summed E-state index contributed by atoms with van der Waals surface area (Å²) in [5.41, 5.74) is 0.289. The summed E-state index contributed by atoms with van der Waals surface area (Å²) in [5, 5.41) is 15.1. The van der Waals surface area contributed by atoms with Gasteiger partial charge in [-0.05, 0) is 19.8 Å². The van der Waals surface area contributed by atoms with Crippen LogP contribution in [-0.4, -0.2) is 28.8 Å². The van der Waals surface area contributed by atoms with Gasteiger partial charge in [-0.25, -0.2) is 0 Å². The van der Waals surface area contributed by atoms with Crippen molar-refractivity contribution in [1.82, 2.24) is 10.5 Å². The first kappa shape index (κ1) is 10.2. The Bertz CT molecular complexity index is 357. The van der Waals surface area contributed by atoms with Crippen LogP contribution >= 0.6 is 0 Å². The van der Waals surface area contributed by atoms with Crippen molar-refractivity contribution in [3.63, 3.8) is 0 Å². The lowest BCUT2D eigenvalue weighted by molar-refractivity contribution is 0.0913. The molecule has 0 aromatic carbocycles. The van der Waals surface area contributed by atoms with Gasteiger partial charge in [-0.2, -0.15) is 0 Å². The van der Waals surface area contributed by atoms with Gasteiger partial charge in [0.05, 0.1) is 6.61 Å². The van der Waals surface area contributed by atoms with Crippen LogP contribution in [0.1, 0.15) is 41.9 Å². The molecule has 1 aliphatic carbocycles. The maximum Gasteiger partial charge on any atom is 0.273 e. The first-order chi connectivity index (χ1) is 7.20. The van der Waals surface area contributed by atoms with Gasteiger partial charge in [0.2, 0.25) is 0 Å². The van der Waals surface area contributed by atoms with Crippen molar-refractivity contribution < 1.29 is 14.4 Å². The number of aliphatic hydroxyl groups excluding tert-OH is 1. The van der Waals surface area contributed by atoms with Crippen molar-refractivity contribution in [1.29, 1.82) is 0 Å². The summed E-state index contributed by atoms with van der Waals surface area (Å²) in [7, 11) is 0.